The van der Waals surface area contributed by atoms with Crippen LogP contribution >= 0.6 is 0 Å². The van der Waals surface area contributed by atoms with Gasteiger partial charge in [-0.15, -0.1) is 0 Å². The maximum atomic E-state index is 10.6. The van der Waals surface area contributed by atoms with E-state index in [2.05, 4.69) is 35.0 Å². The molecule has 0 aromatic carbocycles. The molecular weight excluding hydrogens is 542 g/mol. The van der Waals surface area contributed by atoms with E-state index in [-0.39, 0.29) is 12.2 Å². The molecule has 2 fully saturated rings. The molecule has 0 amide bonds. The number of carbonyl (C=O) groups is 2. The molecule has 1 aliphatic heterocycles. The van der Waals surface area contributed by atoms with E-state index < -0.39 is 24.3 Å². The monoisotopic (exact) mass is 570 g/mol. The Morgan fingerprint density at radius 1 is 1.05 bits per heavy atom. The van der Waals surface area contributed by atoms with E-state index in [1.165, 1.54) is 0 Å². The zero-order valence-electron chi connectivity index (χ0n) is 20.7. The molecule has 3 heterocycles. The Balaban J connectivity index is 0.000000317. The first kappa shape index (κ1) is 32.0. The second-order valence-electron chi connectivity index (χ2n) is 8.49. The minimum absolute atomic E-state index is 0.114. The van der Waals surface area contributed by atoms with Crippen LogP contribution in [0.1, 0.15) is 36.8 Å². The van der Waals surface area contributed by atoms with E-state index in [4.69, 9.17) is 33.7 Å². The van der Waals surface area contributed by atoms with Gasteiger partial charge < -0.3 is 24.1 Å². The smallest absolute Gasteiger partial charge is 0.475 e. The van der Waals surface area contributed by atoms with Gasteiger partial charge in [0.05, 0.1) is 32.0 Å². The number of pyridine rings is 1. The molecule has 1 saturated heterocycles. The van der Waals surface area contributed by atoms with E-state index in [9.17, 15) is 26.3 Å². The Hall–Kier alpha value is -3.17. The normalized spacial score (nSPS) is 21.2. The molecule has 3 unspecified atom stereocenters. The number of carboxylic acids is 2. The highest BCUT2D eigenvalue weighted by Crippen LogP contribution is 2.33. The van der Waals surface area contributed by atoms with Gasteiger partial charge in [-0.25, -0.2) is 9.59 Å². The largest absolute Gasteiger partial charge is 0.490 e. The lowest BCUT2D eigenvalue weighted by Crippen LogP contribution is -2.42. The fourth-order valence-electron chi connectivity index (χ4n) is 3.96. The minimum atomic E-state index is -5.08. The van der Waals surface area contributed by atoms with Gasteiger partial charge in [-0.3, -0.25) is 9.88 Å². The van der Waals surface area contributed by atoms with Crippen LogP contribution < -0.4 is 0 Å². The summed E-state index contributed by atoms with van der Waals surface area (Å²) in [6.45, 7) is 5.22. The Morgan fingerprint density at radius 2 is 1.67 bits per heavy atom. The van der Waals surface area contributed by atoms with Crippen LogP contribution in [0.25, 0.3) is 0 Å². The van der Waals surface area contributed by atoms with Crippen molar-refractivity contribution < 1.29 is 60.0 Å². The lowest BCUT2D eigenvalue weighted by molar-refractivity contribution is -0.193. The topological polar surface area (TPSA) is 122 Å². The molecule has 1 aliphatic carbocycles. The molecule has 2 bridgehead atoms. The molecule has 4 rings (SSSR count). The standard InChI is InChI=1S/C20H26N2O3.2C2HF3O2/c1-2-16-5-6-17(25-16)13-22-10-11-23-19-8-7-18(22)20(19)24-14-15-4-3-9-21-12-15;2*3-2(4,5)1(6)7/h3-6,9,12,18-20H,2,7-8,10-11,13-14H2,1H3;2*(H,6,7). The summed E-state index contributed by atoms with van der Waals surface area (Å²) in [5, 5.41) is 14.2. The number of rotatable bonds is 6. The summed E-state index contributed by atoms with van der Waals surface area (Å²) >= 11 is 0. The van der Waals surface area contributed by atoms with Crippen molar-refractivity contribution in [1.82, 2.24) is 9.88 Å². The fourth-order valence-corrected chi connectivity index (χ4v) is 3.96. The first-order chi connectivity index (χ1) is 18.2. The number of aliphatic carboxylic acids is 2. The van der Waals surface area contributed by atoms with Gasteiger partial charge in [0.2, 0.25) is 0 Å². The average Bonchev–Trinajstić information content (AvgIpc) is 3.44. The molecule has 2 aliphatic rings. The zero-order chi connectivity index (χ0) is 29.2. The third-order valence-corrected chi connectivity index (χ3v) is 5.75. The van der Waals surface area contributed by atoms with E-state index in [1.807, 2.05) is 12.3 Å². The van der Waals surface area contributed by atoms with Gasteiger partial charge in [0.1, 0.15) is 11.5 Å². The van der Waals surface area contributed by atoms with Crippen LogP contribution in [-0.4, -0.2) is 75.8 Å². The number of nitrogens with zero attached hydrogens (tertiary/aromatic N) is 2. The maximum absolute atomic E-state index is 10.6. The van der Waals surface area contributed by atoms with Gasteiger partial charge in [0.15, 0.2) is 0 Å². The highest BCUT2D eigenvalue weighted by molar-refractivity contribution is 5.73. The number of furan rings is 1. The summed E-state index contributed by atoms with van der Waals surface area (Å²) in [4.78, 5) is 24.4. The average molecular weight is 570 g/mol. The third-order valence-electron chi connectivity index (χ3n) is 5.75. The number of aryl methyl sites for hydroxylation is 1. The summed E-state index contributed by atoms with van der Waals surface area (Å²) in [7, 11) is 0. The SMILES string of the molecule is CCc1ccc(CN2CCOC3CCC2C3OCc2cccnc2)o1.O=C(O)C(F)(F)F.O=C(O)C(F)(F)F. The van der Waals surface area contributed by atoms with Crippen molar-refractivity contribution in [3.8, 4) is 0 Å². The number of carboxylic acid groups (broad SMARTS) is 2. The molecule has 15 heteroatoms. The van der Waals surface area contributed by atoms with Gasteiger partial charge in [0, 0.05) is 31.4 Å². The predicted octanol–water partition coefficient (Wildman–Crippen LogP) is 4.45. The van der Waals surface area contributed by atoms with Crippen LogP contribution in [-0.2, 0) is 38.6 Å². The van der Waals surface area contributed by atoms with Gasteiger partial charge in [-0.05, 0) is 36.6 Å². The molecule has 9 nitrogen and oxygen atoms in total. The van der Waals surface area contributed by atoms with Gasteiger partial charge in [-0.2, -0.15) is 26.3 Å². The van der Waals surface area contributed by atoms with Crippen molar-refractivity contribution in [2.75, 3.05) is 13.2 Å². The Labute approximate surface area is 219 Å². The molecule has 2 N–H and O–H groups in total. The van der Waals surface area contributed by atoms with Crippen LogP contribution in [0.15, 0.2) is 41.1 Å². The van der Waals surface area contributed by atoms with Crippen LogP contribution in [0, 0.1) is 0 Å². The number of hydrogen-bond acceptors (Lipinski definition) is 7. The van der Waals surface area contributed by atoms with Gasteiger partial charge >= 0.3 is 24.3 Å². The van der Waals surface area contributed by atoms with Gasteiger partial charge in [0.25, 0.3) is 0 Å². The predicted molar refractivity (Wildman–Crippen MR) is 121 cm³/mol. The number of fused-ring (bicyclic) bond motifs is 2. The van der Waals surface area contributed by atoms with E-state index in [0.29, 0.717) is 12.6 Å². The van der Waals surface area contributed by atoms with Crippen molar-refractivity contribution in [2.24, 2.45) is 0 Å². The number of alkyl halides is 6. The van der Waals surface area contributed by atoms with Crippen LogP contribution in [0.5, 0.6) is 0 Å². The first-order valence-corrected chi connectivity index (χ1v) is 11.8. The number of aromatic nitrogens is 1. The molecule has 0 spiro atoms. The van der Waals surface area contributed by atoms with Crippen LogP contribution in [0.3, 0.4) is 0 Å². The quantitative estimate of drug-likeness (QED) is 0.485. The molecular formula is C24H28F6N2O7. The van der Waals surface area contributed by atoms with Crippen molar-refractivity contribution in [2.45, 2.75) is 69.9 Å². The summed E-state index contributed by atoms with van der Waals surface area (Å²) < 4.78 is 81.8. The second kappa shape index (κ2) is 14.3. The lowest BCUT2D eigenvalue weighted by atomic mass is 10.1. The fraction of sp³-hybridized carbons (Fsp3) is 0.542. The Kier molecular flexibility index (Phi) is 11.7. The third kappa shape index (κ3) is 10.5. The highest BCUT2D eigenvalue weighted by Gasteiger charge is 2.43. The lowest BCUT2D eigenvalue weighted by Gasteiger charge is -2.30. The molecule has 2 aromatic rings. The molecule has 2 aromatic heterocycles. The molecule has 39 heavy (non-hydrogen) atoms. The number of hydrogen-bond donors (Lipinski definition) is 2. The van der Waals surface area contributed by atoms with Crippen molar-refractivity contribution in [3.63, 3.8) is 0 Å². The summed E-state index contributed by atoms with van der Waals surface area (Å²) in [5.41, 5.74) is 1.11. The van der Waals surface area contributed by atoms with Gasteiger partial charge in [-0.1, -0.05) is 13.0 Å². The maximum Gasteiger partial charge on any atom is 0.490 e. The van der Waals surface area contributed by atoms with Crippen molar-refractivity contribution >= 4 is 11.9 Å². The molecule has 3 atom stereocenters. The number of ether oxygens (including phenoxy) is 2. The van der Waals surface area contributed by atoms with Crippen LogP contribution in [0.4, 0.5) is 26.3 Å². The van der Waals surface area contributed by atoms with Crippen LogP contribution in [0.2, 0.25) is 0 Å². The summed E-state index contributed by atoms with van der Waals surface area (Å²) in [6.07, 6.45) is -3.08. The number of halogens is 6. The minimum Gasteiger partial charge on any atom is -0.475 e. The van der Waals surface area contributed by atoms with Crippen molar-refractivity contribution in [1.29, 1.82) is 0 Å². The summed E-state index contributed by atoms with van der Waals surface area (Å²) in [6, 6.07) is 8.57. The molecule has 1 saturated carbocycles. The second-order valence-corrected chi connectivity index (χ2v) is 8.49. The Morgan fingerprint density at radius 3 is 2.18 bits per heavy atom. The van der Waals surface area contributed by atoms with E-state index in [0.717, 1.165) is 56.0 Å². The highest BCUT2D eigenvalue weighted by atomic mass is 19.4. The van der Waals surface area contributed by atoms with E-state index in [1.54, 1.807) is 6.20 Å². The molecule has 218 valence electrons. The summed E-state index contributed by atoms with van der Waals surface area (Å²) in [5.74, 6) is -3.43. The Bertz CT molecular complexity index is 1020. The first-order valence-electron chi connectivity index (χ1n) is 11.8. The van der Waals surface area contributed by atoms with Crippen molar-refractivity contribution in [3.05, 3.63) is 53.7 Å². The molecule has 0 radical (unpaired) electrons. The van der Waals surface area contributed by atoms with E-state index >= 15 is 0 Å². The zero-order valence-corrected chi connectivity index (χ0v) is 20.7.